The van der Waals surface area contributed by atoms with Crippen molar-refractivity contribution in [2.24, 2.45) is 0 Å². The number of amides is 6. The third-order valence-corrected chi connectivity index (χ3v) is 11.1. The zero-order chi connectivity index (χ0) is 40.1. The van der Waals surface area contributed by atoms with Crippen molar-refractivity contribution in [3.63, 3.8) is 0 Å². The first-order valence-corrected chi connectivity index (χ1v) is 19.6. The highest BCUT2D eigenvalue weighted by Gasteiger charge is 2.47. The quantitative estimate of drug-likeness (QED) is 0.289. The van der Waals surface area contributed by atoms with Crippen LogP contribution in [0, 0.1) is 13.8 Å². The van der Waals surface area contributed by atoms with E-state index in [9.17, 15) is 38.7 Å². The Balaban J connectivity index is 1.31. The number of hydrogen-bond donors (Lipinski definition) is 4. The van der Waals surface area contributed by atoms with Crippen molar-refractivity contribution in [3.05, 3.63) is 70.8 Å². The fourth-order valence-electron chi connectivity index (χ4n) is 8.18. The van der Waals surface area contributed by atoms with E-state index in [1.165, 1.54) is 21.6 Å². The molecule has 0 radical (unpaired) electrons. The van der Waals surface area contributed by atoms with Crippen LogP contribution in [0.15, 0.2) is 48.5 Å². The first-order chi connectivity index (χ1) is 26.8. The number of carbonyl (C=O) groups excluding carboxylic acids is 7. The molecule has 0 aromatic heterocycles. The zero-order valence-electron chi connectivity index (χ0n) is 32.2. The van der Waals surface area contributed by atoms with Gasteiger partial charge in [-0.25, -0.2) is 4.79 Å². The number of hydrogen-bond acceptors (Lipinski definition) is 9. The summed E-state index contributed by atoms with van der Waals surface area (Å²) < 4.78 is 5.69. The fraction of sp³-hybridized carbons (Fsp3) is 0.537. The van der Waals surface area contributed by atoms with E-state index < -0.39 is 90.4 Å². The van der Waals surface area contributed by atoms with E-state index in [4.69, 9.17) is 4.74 Å². The van der Waals surface area contributed by atoms with Gasteiger partial charge in [0.2, 0.25) is 35.4 Å². The number of ether oxygens (including phenoxy) is 1. The number of cyclic esters (lactones) is 1. The first-order valence-electron chi connectivity index (χ1n) is 19.6. The number of nitrogens with one attached hydrogen (secondary N) is 3. The number of benzene rings is 2. The molecular formula is C41H52N6O9. The summed E-state index contributed by atoms with van der Waals surface area (Å²) in [5.41, 5.74) is 3.47. The topological polar surface area (TPSA) is 195 Å². The number of esters is 1. The molecule has 4 N–H and O–H groups in total. The number of carbonyl (C=O) groups is 7. The summed E-state index contributed by atoms with van der Waals surface area (Å²) in [5, 5.41) is 19.1. The number of rotatable bonds is 7. The second-order valence-electron chi connectivity index (χ2n) is 15.5. The summed E-state index contributed by atoms with van der Waals surface area (Å²) >= 11 is 0. The van der Waals surface area contributed by atoms with Crippen molar-refractivity contribution >= 4 is 41.4 Å². The highest BCUT2D eigenvalue weighted by molar-refractivity contribution is 5.98. The second kappa shape index (κ2) is 17.7. The highest BCUT2D eigenvalue weighted by atomic mass is 16.5. The molecule has 4 aliphatic rings. The van der Waals surface area contributed by atoms with E-state index in [-0.39, 0.29) is 38.9 Å². The van der Waals surface area contributed by atoms with Gasteiger partial charge in [-0.2, -0.15) is 0 Å². The Morgan fingerprint density at radius 3 is 2.30 bits per heavy atom. The van der Waals surface area contributed by atoms with Crippen LogP contribution in [0.1, 0.15) is 67.7 Å². The van der Waals surface area contributed by atoms with Crippen LogP contribution in [-0.2, 0) is 51.1 Å². The molecule has 300 valence electrons. The number of aryl methyl sites for hydroxylation is 2. The third-order valence-electron chi connectivity index (χ3n) is 11.1. The Morgan fingerprint density at radius 2 is 1.55 bits per heavy atom. The van der Waals surface area contributed by atoms with Crippen molar-refractivity contribution in [1.29, 1.82) is 0 Å². The largest absolute Gasteiger partial charge is 0.461 e. The van der Waals surface area contributed by atoms with Gasteiger partial charge >= 0.3 is 5.97 Å². The number of piperidine rings is 1. The van der Waals surface area contributed by atoms with Crippen LogP contribution in [0.2, 0.25) is 0 Å². The lowest BCUT2D eigenvalue weighted by Gasteiger charge is -2.39. The average Bonchev–Trinajstić information content (AvgIpc) is 3.83. The monoisotopic (exact) mass is 772 g/mol. The summed E-state index contributed by atoms with van der Waals surface area (Å²) in [6.07, 6.45) is 1.33. The molecule has 0 unspecified atom stereocenters. The lowest BCUT2D eigenvalue weighted by Crippen LogP contribution is -2.62. The molecule has 15 heteroatoms. The standard InChI is InChI=1S/C41H52N6O9/c1-24-12-14-27(15-13-24)20-35(49)43-30(19-28-9-6-8-25(2)18-28)36(50)44-31-23-56-41(55)33-11-7-17-46(33)38(52)26(3)42-37(51)32-10-4-5-16-45(32)40(54)34-21-29(48)22-47(34)39(31)53/h6,8-9,12-15,18,26,29-34,48H,4-5,7,10-11,16-17,19-23H2,1-3H3,(H,42,51)(H,43,49)(H,44,50)/t26-,29+,30-,31-,32-,33-,34-/m0/s1. The van der Waals surface area contributed by atoms with Crippen molar-refractivity contribution in [3.8, 4) is 0 Å². The van der Waals surface area contributed by atoms with Gasteiger partial charge in [0.25, 0.3) is 0 Å². The predicted molar refractivity (Wildman–Crippen MR) is 202 cm³/mol. The smallest absolute Gasteiger partial charge is 0.328 e. The number of aliphatic hydroxyl groups excluding tert-OH is 1. The van der Waals surface area contributed by atoms with Gasteiger partial charge in [0, 0.05) is 32.5 Å². The maximum absolute atomic E-state index is 14.5. The molecule has 6 amide bonds. The summed E-state index contributed by atoms with van der Waals surface area (Å²) in [6, 6.07) is 8.15. The Hall–Kier alpha value is -5.31. The van der Waals surface area contributed by atoms with Gasteiger partial charge in [0.1, 0.15) is 42.9 Å². The van der Waals surface area contributed by atoms with Crippen LogP contribution in [0.4, 0.5) is 0 Å². The van der Waals surface area contributed by atoms with E-state index in [0.29, 0.717) is 32.1 Å². The van der Waals surface area contributed by atoms with Crippen molar-refractivity contribution < 1.29 is 43.4 Å². The van der Waals surface area contributed by atoms with E-state index in [1.54, 1.807) is 0 Å². The molecular weight excluding hydrogens is 720 g/mol. The molecule has 2 aromatic rings. The minimum Gasteiger partial charge on any atom is -0.461 e. The summed E-state index contributed by atoms with van der Waals surface area (Å²) in [7, 11) is 0. The van der Waals surface area contributed by atoms with Crippen LogP contribution in [-0.4, -0.2) is 130 Å². The van der Waals surface area contributed by atoms with E-state index >= 15 is 0 Å². The van der Waals surface area contributed by atoms with Gasteiger partial charge in [-0.3, -0.25) is 28.8 Å². The maximum atomic E-state index is 14.5. The minimum absolute atomic E-state index is 0.00193. The SMILES string of the molecule is Cc1ccc(CC(=O)N[C@@H](Cc2cccc(C)c2)C(=O)N[C@H]2COC(=O)[C@@H]3CCCN3C(=O)[C@H](C)NC(=O)[C@@H]3CCCCN3C(=O)[C@@H]3C[C@@H](O)CN3C2=O)cc1. The molecule has 56 heavy (non-hydrogen) atoms. The third kappa shape index (κ3) is 9.37. The molecule has 0 bridgehead atoms. The Labute approximate surface area is 326 Å². The van der Waals surface area contributed by atoms with Crippen LogP contribution < -0.4 is 16.0 Å². The Bertz CT molecular complexity index is 1840. The fourth-order valence-corrected chi connectivity index (χ4v) is 8.18. The Kier molecular flexibility index (Phi) is 12.7. The van der Waals surface area contributed by atoms with Gasteiger partial charge in [0.05, 0.1) is 12.5 Å². The van der Waals surface area contributed by atoms with E-state index in [1.807, 2.05) is 62.4 Å². The minimum atomic E-state index is -1.53. The normalized spacial score (nSPS) is 26.8. The Morgan fingerprint density at radius 1 is 0.839 bits per heavy atom. The molecule has 15 nitrogen and oxygen atoms in total. The van der Waals surface area contributed by atoms with Crippen molar-refractivity contribution in [2.45, 2.75) is 114 Å². The summed E-state index contributed by atoms with van der Waals surface area (Å²) in [5.74, 6) is -4.26. The van der Waals surface area contributed by atoms with Crippen molar-refractivity contribution in [1.82, 2.24) is 30.7 Å². The first kappa shape index (κ1) is 40.4. The summed E-state index contributed by atoms with van der Waals surface area (Å²) in [6.45, 7) is 4.99. The lowest BCUT2D eigenvalue weighted by molar-refractivity contribution is -0.158. The predicted octanol–water partition coefficient (Wildman–Crippen LogP) is 0.454. The molecule has 0 spiro atoms. The highest BCUT2D eigenvalue weighted by Crippen LogP contribution is 2.27. The molecule has 0 aliphatic carbocycles. The van der Waals surface area contributed by atoms with Gasteiger partial charge < -0.3 is 40.5 Å². The molecule has 4 aliphatic heterocycles. The molecule has 2 aromatic carbocycles. The summed E-state index contributed by atoms with van der Waals surface area (Å²) in [4.78, 5) is 101. The number of fused-ring (bicyclic) bond motifs is 3. The van der Waals surface area contributed by atoms with Gasteiger partial charge in [-0.1, -0.05) is 59.7 Å². The average molecular weight is 773 g/mol. The molecule has 7 atom stereocenters. The van der Waals surface area contributed by atoms with E-state index in [0.717, 1.165) is 22.3 Å². The lowest BCUT2D eigenvalue weighted by atomic mass is 9.99. The zero-order valence-corrected chi connectivity index (χ0v) is 32.2. The van der Waals surface area contributed by atoms with Gasteiger partial charge in [-0.05, 0) is 64.0 Å². The molecule has 4 heterocycles. The van der Waals surface area contributed by atoms with Crippen LogP contribution in [0.25, 0.3) is 0 Å². The molecule has 4 fully saturated rings. The van der Waals surface area contributed by atoms with Crippen molar-refractivity contribution in [2.75, 3.05) is 26.2 Å². The van der Waals surface area contributed by atoms with Crippen LogP contribution >= 0.6 is 0 Å². The number of aliphatic hydroxyl groups is 1. The number of nitrogens with zero attached hydrogens (tertiary/aromatic N) is 3. The van der Waals surface area contributed by atoms with Gasteiger partial charge in [0.15, 0.2) is 0 Å². The van der Waals surface area contributed by atoms with Crippen LogP contribution in [0.3, 0.4) is 0 Å². The molecule has 4 saturated heterocycles. The maximum Gasteiger partial charge on any atom is 0.328 e. The second-order valence-corrected chi connectivity index (χ2v) is 15.5. The van der Waals surface area contributed by atoms with E-state index in [2.05, 4.69) is 16.0 Å². The molecule has 6 rings (SSSR count). The molecule has 0 saturated carbocycles. The van der Waals surface area contributed by atoms with Crippen LogP contribution in [0.5, 0.6) is 0 Å². The van der Waals surface area contributed by atoms with Gasteiger partial charge in [-0.15, -0.1) is 0 Å².